The van der Waals surface area contributed by atoms with E-state index in [0.29, 0.717) is 6.04 Å². The summed E-state index contributed by atoms with van der Waals surface area (Å²) in [5.74, 6) is 0. The number of rotatable bonds is 3. The molecule has 4 nitrogen and oxygen atoms in total. The molecule has 0 aliphatic carbocycles. The third kappa shape index (κ3) is 2.06. The summed E-state index contributed by atoms with van der Waals surface area (Å²) in [5, 5.41) is 9.30. The van der Waals surface area contributed by atoms with Crippen molar-refractivity contribution in [2.75, 3.05) is 13.2 Å². The second kappa shape index (κ2) is 4.47. The van der Waals surface area contributed by atoms with Crippen LogP contribution in [-0.4, -0.2) is 29.0 Å². The zero-order valence-electron chi connectivity index (χ0n) is 10.0. The highest BCUT2D eigenvalue weighted by atomic mass is 16.5. The van der Waals surface area contributed by atoms with E-state index in [0.717, 1.165) is 31.9 Å². The van der Waals surface area contributed by atoms with E-state index in [1.165, 1.54) is 10.9 Å². The van der Waals surface area contributed by atoms with Crippen molar-refractivity contribution >= 4 is 10.9 Å². The molecule has 1 aliphatic heterocycles. The number of ether oxygens (including phenoxy) is 1. The molecule has 1 aliphatic rings. The van der Waals surface area contributed by atoms with Gasteiger partial charge >= 0.3 is 0 Å². The number of aromatic nitrogens is 2. The van der Waals surface area contributed by atoms with Crippen molar-refractivity contribution in [2.45, 2.75) is 19.0 Å². The van der Waals surface area contributed by atoms with Crippen LogP contribution in [-0.2, 0) is 18.3 Å². The van der Waals surface area contributed by atoms with Crippen LogP contribution in [0.3, 0.4) is 0 Å². The first kappa shape index (κ1) is 10.7. The lowest BCUT2D eigenvalue weighted by Gasteiger charge is -2.08. The fourth-order valence-electron chi connectivity index (χ4n) is 2.36. The normalized spacial score (nSPS) is 20.2. The Bertz CT molecular complexity index is 514. The molecule has 2 heterocycles. The van der Waals surface area contributed by atoms with E-state index in [4.69, 9.17) is 4.74 Å². The number of para-hydroxylation sites is 1. The Morgan fingerprint density at radius 2 is 2.35 bits per heavy atom. The van der Waals surface area contributed by atoms with Gasteiger partial charge in [-0.05, 0) is 12.5 Å². The van der Waals surface area contributed by atoms with Crippen molar-refractivity contribution in [1.82, 2.24) is 15.1 Å². The standard InChI is InChI=1S/C13H17N3O/c1-16-13-5-3-2-4-11(13)12(15-16)8-14-10-6-7-17-9-10/h2-5,10,14H,6-9H2,1H3. The molecule has 90 valence electrons. The molecule has 0 amide bonds. The smallest absolute Gasteiger partial charge is 0.0841 e. The lowest BCUT2D eigenvalue weighted by atomic mass is 10.2. The predicted molar refractivity (Wildman–Crippen MR) is 66.8 cm³/mol. The maximum absolute atomic E-state index is 5.35. The van der Waals surface area contributed by atoms with Gasteiger partial charge in [0.15, 0.2) is 0 Å². The van der Waals surface area contributed by atoms with Gasteiger partial charge in [-0.1, -0.05) is 18.2 Å². The fraction of sp³-hybridized carbons (Fsp3) is 0.462. The summed E-state index contributed by atoms with van der Waals surface area (Å²) in [6.07, 6.45) is 1.10. The van der Waals surface area contributed by atoms with Crippen molar-refractivity contribution in [2.24, 2.45) is 7.05 Å². The van der Waals surface area contributed by atoms with Crippen LogP contribution in [0, 0.1) is 0 Å². The van der Waals surface area contributed by atoms with Crippen molar-refractivity contribution in [3.8, 4) is 0 Å². The summed E-state index contributed by atoms with van der Waals surface area (Å²) in [6.45, 7) is 2.51. The van der Waals surface area contributed by atoms with Gasteiger partial charge in [0.25, 0.3) is 0 Å². The zero-order chi connectivity index (χ0) is 11.7. The lowest BCUT2D eigenvalue weighted by molar-refractivity contribution is 0.189. The van der Waals surface area contributed by atoms with E-state index in [1.807, 2.05) is 17.8 Å². The fourth-order valence-corrected chi connectivity index (χ4v) is 2.36. The molecule has 1 unspecified atom stereocenters. The number of nitrogens with zero attached hydrogens (tertiary/aromatic N) is 2. The van der Waals surface area contributed by atoms with Gasteiger partial charge in [0.1, 0.15) is 0 Å². The molecular formula is C13H17N3O. The molecule has 3 rings (SSSR count). The minimum absolute atomic E-state index is 0.482. The number of aryl methyl sites for hydroxylation is 1. The summed E-state index contributed by atoms with van der Waals surface area (Å²) >= 11 is 0. The van der Waals surface area contributed by atoms with E-state index in [1.54, 1.807) is 0 Å². The SMILES string of the molecule is Cn1nc(CNC2CCOC2)c2ccccc21. The van der Waals surface area contributed by atoms with Gasteiger partial charge < -0.3 is 10.1 Å². The molecule has 0 bridgehead atoms. The first-order valence-corrected chi connectivity index (χ1v) is 6.06. The quantitative estimate of drug-likeness (QED) is 0.869. The molecule has 1 aromatic carbocycles. The van der Waals surface area contributed by atoms with Crippen LogP contribution in [0.5, 0.6) is 0 Å². The van der Waals surface area contributed by atoms with Crippen LogP contribution in [0.4, 0.5) is 0 Å². The first-order valence-electron chi connectivity index (χ1n) is 6.06. The number of hydrogen-bond donors (Lipinski definition) is 1. The second-order valence-electron chi connectivity index (χ2n) is 4.53. The minimum atomic E-state index is 0.482. The molecule has 0 radical (unpaired) electrons. The van der Waals surface area contributed by atoms with E-state index in [9.17, 15) is 0 Å². The van der Waals surface area contributed by atoms with E-state index < -0.39 is 0 Å². The molecule has 1 fully saturated rings. The Balaban J connectivity index is 1.80. The predicted octanol–water partition coefficient (Wildman–Crippen LogP) is 1.45. The molecular weight excluding hydrogens is 214 g/mol. The highest BCUT2D eigenvalue weighted by Crippen LogP contribution is 2.17. The summed E-state index contributed by atoms with van der Waals surface area (Å²) in [5.41, 5.74) is 2.31. The molecule has 1 saturated heterocycles. The molecule has 1 atom stereocenters. The molecule has 2 aromatic rings. The summed E-state index contributed by atoms with van der Waals surface area (Å²) in [7, 11) is 1.99. The Morgan fingerprint density at radius 1 is 1.47 bits per heavy atom. The summed E-state index contributed by atoms with van der Waals surface area (Å²) in [6, 6.07) is 8.82. The van der Waals surface area contributed by atoms with Gasteiger partial charge in [-0.3, -0.25) is 4.68 Å². The van der Waals surface area contributed by atoms with Crippen LogP contribution < -0.4 is 5.32 Å². The highest BCUT2D eigenvalue weighted by molar-refractivity contribution is 5.81. The van der Waals surface area contributed by atoms with Crippen molar-refractivity contribution in [3.05, 3.63) is 30.0 Å². The first-order chi connectivity index (χ1) is 8.34. The molecule has 4 heteroatoms. The van der Waals surface area contributed by atoms with E-state index >= 15 is 0 Å². The molecule has 0 saturated carbocycles. The highest BCUT2D eigenvalue weighted by Gasteiger charge is 2.16. The van der Waals surface area contributed by atoms with Crippen LogP contribution >= 0.6 is 0 Å². The number of fused-ring (bicyclic) bond motifs is 1. The van der Waals surface area contributed by atoms with Gasteiger partial charge in [0.2, 0.25) is 0 Å². The minimum Gasteiger partial charge on any atom is -0.380 e. The Labute approximate surface area is 101 Å². The zero-order valence-corrected chi connectivity index (χ0v) is 10.0. The molecule has 1 aromatic heterocycles. The van der Waals surface area contributed by atoms with Gasteiger partial charge in [-0.15, -0.1) is 0 Å². The van der Waals surface area contributed by atoms with Crippen LogP contribution in [0.25, 0.3) is 10.9 Å². The number of nitrogens with one attached hydrogen (secondary N) is 1. The van der Waals surface area contributed by atoms with Gasteiger partial charge in [-0.2, -0.15) is 5.10 Å². The molecule has 17 heavy (non-hydrogen) atoms. The van der Waals surface area contributed by atoms with Crippen molar-refractivity contribution < 1.29 is 4.74 Å². The van der Waals surface area contributed by atoms with E-state index in [2.05, 4.69) is 28.6 Å². The average molecular weight is 231 g/mol. The average Bonchev–Trinajstić information content (AvgIpc) is 2.96. The third-order valence-electron chi connectivity index (χ3n) is 3.32. The van der Waals surface area contributed by atoms with Gasteiger partial charge in [0, 0.05) is 31.6 Å². The van der Waals surface area contributed by atoms with Gasteiger partial charge in [-0.25, -0.2) is 0 Å². The largest absolute Gasteiger partial charge is 0.380 e. The number of benzene rings is 1. The Hall–Kier alpha value is -1.39. The third-order valence-corrected chi connectivity index (χ3v) is 3.32. The molecule has 1 N–H and O–H groups in total. The van der Waals surface area contributed by atoms with Crippen molar-refractivity contribution in [3.63, 3.8) is 0 Å². The maximum Gasteiger partial charge on any atom is 0.0841 e. The second-order valence-corrected chi connectivity index (χ2v) is 4.53. The summed E-state index contributed by atoms with van der Waals surface area (Å²) < 4.78 is 7.29. The Kier molecular flexibility index (Phi) is 2.82. The van der Waals surface area contributed by atoms with Crippen LogP contribution in [0.15, 0.2) is 24.3 Å². The van der Waals surface area contributed by atoms with Crippen LogP contribution in [0.2, 0.25) is 0 Å². The van der Waals surface area contributed by atoms with Gasteiger partial charge in [0.05, 0.1) is 17.8 Å². The van der Waals surface area contributed by atoms with Crippen molar-refractivity contribution in [1.29, 1.82) is 0 Å². The maximum atomic E-state index is 5.35. The summed E-state index contributed by atoms with van der Waals surface area (Å²) in [4.78, 5) is 0. The number of hydrogen-bond acceptors (Lipinski definition) is 3. The lowest BCUT2D eigenvalue weighted by Crippen LogP contribution is -2.28. The van der Waals surface area contributed by atoms with E-state index in [-0.39, 0.29) is 0 Å². The molecule has 0 spiro atoms. The monoisotopic (exact) mass is 231 g/mol. The Morgan fingerprint density at radius 3 is 3.18 bits per heavy atom. The van der Waals surface area contributed by atoms with Crippen LogP contribution in [0.1, 0.15) is 12.1 Å². The topological polar surface area (TPSA) is 39.1 Å².